The van der Waals surface area contributed by atoms with Crippen LogP contribution < -0.4 is 0 Å². The van der Waals surface area contributed by atoms with Crippen LogP contribution in [0.5, 0.6) is 0 Å². The molecular formula is C15H24O4. The molecule has 0 saturated heterocycles. The second-order valence-corrected chi connectivity index (χ2v) is 5.72. The summed E-state index contributed by atoms with van der Waals surface area (Å²) in [6.45, 7) is 6.22. The second kappa shape index (κ2) is 6.73. The van der Waals surface area contributed by atoms with Crippen LogP contribution in [0.3, 0.4) is 0 Å². The van der Waals surface area contributed by atoms with E-state index in [1.807, 2.05) is 13.8 Å². The van der Waals surface area contributed by atoms with Crippen molar-refractivity contribution in [3.05, 3.63) is 12.2 Å². The van der Waals surface area contributed by atoms with Gasteiger partial charge in [-0.3, -0.25) is 0 Å². The minimum Gasteiger partial charge on any atom is -0.478 e. The number of carboxylic acid groups (broad SMARTS) is 1. The third-order valence-electron chi connectivity index (χ3n) is 4.28. The average Bonchev–Trinajstić information content (AvgIpc) is 2.37. The molecule has 0 aromatic rings. The Morgan fingerprint density at radius 3 is 2.32 bits per heavy atom. The van der Waals surface area contributed by atoms with Gasteiger partial charge in [0, 0.05) is 12.2 Å². The molecule has 0 radical (unpaired) electrons. The van der Waals surface area contributed by atoms with Gasteiger partial charge in [0.05, 0.1) is 0 Å². The number of rotatable bonds is 5. The Morgan fingerprint density at radius 2 is 1.84 bits per heavy atom. The van der Waals surface area contributed by atoms with Crippen molar-refractivity contribution in [1.82, 2.24) is 0 Å². The fourth-order valence-corrected chi connectivity index (χ4v) is 2.72. The Bertz CT molecular complexity index is 353. The molecule has 4 nitrogen and oxygen atoms in total. The number of carboxylic acids is 1. The molecule has 1 rings (SSSR count). The van der Waals surface area contributed by atoms with E-state index in [0.717, 1.165) is 37.3 Å². The average molecular weight is 268 g/mol. The molecule has 1 fully saturated rings. The quantitative estimate of drug-likeness (QED) is 0.614. The van der Waals surface area contributed by atoms with Crippen molar-refractivity contribution < 1.29 is 19.4 Å². The normalized spacial score (nSPS) is 26.9. The van der Waals surface area contributed by atoms with Crippen LogP contribution in [0.4, 0.5) is 0 Å². The fourth-order valence-electron chi connectivity index (χ4n) is 2.72. The number of hydrogen-bond acceptors (Lipinski definition) is 3. The van der Waals surface area contributed by atoms with Gasteiger partial charge < -0.3 is 9.84 Å². The first kappa shape index (κ1) is 15.7. The van der Waals surface area contributed by atoms with Crippen LogP contribution in [0.2, 0.25) is 0 Å². The molecule has 108 valence electrons. The highest BCUT2D eigenvalue weighted by atomic mass is 16.6. The lowest BCUT2D eigenvalue weighted by molar-refractivity contribution is -0.160. The Balaban J connectivity index is 2.64. The Hall–Kier alpha value is -1.32. The third-order valence-corrected chi connectivity index (χ3v) is 4.28. The zero-order chi connectivity index (χ0) is 14.5. The van der Waals surface area contributed by atoms with E-state index in [9.17, 15) is 9.59 Å². The van der Waals surface area contributed by atoms with E-state index in [0.29, 0.717) is 5.92 Å². The van der Waals surface area contributed by atoms with E-state index in [-0.39, 0.29) is 0 Å². The van der Waals surface area contributed by atoms with Gasteiger partial charge in [-0.2, -0.15) is 0 Å². The number of hydrogen-bond donors (Lipinski definition) is 1. The predicted molar refractivity (Wildman–Crippen MR) is 72.7 cm³/mol. The monoisotopic (exact) mass is 268 g/mol. The van der Waals surface area contributed by atoms with Crippen LogP contribution in [-0.2, 0) is 14.3 Å². The van der Waals surface area contributed by atoms with Gasteiger partial charge in [-0.15, -0.1) is 0 Å². The third kappa shape index (κ3) is 4.69. The van der Waals surface area contributed by atoms with Crippen molar-refractivity contribution in [1.29, 1.82) is 0 Å². The van der Waals surface area contributed by atoms with Crippen LogP contribution in [0, 0.1) is 11.8 Å². The van der Waals surface area contributed by atoms with E-state index in [2.05, 4.69) is 6.92 Å². The van der Waals surface area contributed by atoms with E-state index >= 15 is 0 Å². The minimum atomic E-state index is -1.14. The molecule has 1 N–H and O–H groups in total. The summed E-state index contributed by atoms with van der Waals surface area (Å²) in [6, 6.07) is 0. The molecule has 19 heavy (non-hydrogen) atoms. The Morgan fingerprint density at radius 1 is 1.26 bits per heavy atom. The van der Waals surface area contributed by atoms with Gasteiger partial charge >= 0.3 is 11.9 Å². The van der Waals surface area contributed by atoms with E-state index < -0.39 is 17.5 Å². The number of carbonyl (C=O) groups excluding carboxylic acids is 1. The zero-order valence-electron chi connectivity index (χ0n) is 12.0. The molecular weight excluding hydrogens is 244 g/mol. The van der Waals surface area contributed by atoms with Gasteiger partial charge in [0.1, 0.15) is 5.60 Å². The summed E-state index contributed by atoms with van der Waals surface area (Å²) in [7, 11) is 0. The van der Waals surface area contributed by atoms with Gasteiger partial charge in [-0.1, -0.05) is 26.7 Å². The Kier molecular flexibility index (Phi) is 5.58. The van der Waals surface area contributed by atoms with Gasteiger partial charge in [-0.25, -0.2) is 9.59 Å². The molecule has 1 aliphatic rings. The van der Waals surface area contributed by atoms with Gasteiger partial charge in [-0.05, 0) is 38.0 Å². The Labute approximate surface area is 114 Å². The summed E-state index contributed by atoms with van der Waals surface area (Å²) < 4.78 is 5.52. The van der Waals surface area contributed by atoms with Crippen LogP contribution in [0.25, 0.3) is 0 Å². The second-order valence-electron chi connectivity index (χ2n) is 5.72. The van der Waals surface area contributed by atoms with E-state index in [4.69, 9.17) is 9.84 Å². The molecule has 0 aromatic heterocycles. The molecule has 0 bridgehead atoms. The zero-order valence-corrected chi connectivity index (χ0v) is 12.0. The summed E-state index contributed by atoms with van der Waals surface area (Å²) in [5.41, 5.74) is -0.486. The molecule has 1 aliphatic carbocycles. The van der Waals surface area contributed by atoms with Crippen molar-refractivity contribution in [2.45, 2.75) is 58.5 Å². The van der Waals surface area contributed by atoms with Crippen molar-refractivity contribution in [3.8, 4) is 0 Å². The maximum absolute atomic E-state index is 11.7. The molecule has 0 aliphatic heterocycles. The lowest BCUT2D eigenvalue weighted by Crippen LogP contribution is -2.40. The minimum absolute atomic E-state index is 0.371. The highest BCUT2D eigenvalue weighted by molar-refractivity contribution is 5.90. The van der Waals surface area contributed by atoms with Crippen LogP contribution in [0.15, 0.2) is 12.2 Å². The highest BCUT2D eigenvalue weighted by Crippen LogP contribution is 2.39. The van der Waals surface area contributed by atoms with Crippen LogP contribution >= 0.6 is 0 Å². The van der Waals surface area contributed by atoms with Crippen LogP contribution in [-0.4, -0.2) is 22.6 Å². The summed E-state index contributed by atoms with van der Waals surface area (Å²) in [6.07, 6.45) is 7.04. The van der Waals surface area contributed by atoms with Gasteiger partial charge in [0.15, 0.2) is 0 Å². The SMILES string of the molecule is CCC(C)(OC(=O)/C=C/C(=O)O)C1CCC(C)CC1. The summed E-state index contributed by atoms with van der Waals surface area (Å²) >= 11 is 0. The summed E-state index contributed by atoms with van der Waals surface area (Å²) in [5, 5.41) is 8.50. The molecule has 0 spiro atoms. The molecule has 1 atom stereocenters. The van der Waals surface area contributed by atoms with E-state index in [1.54, 1.807) is 0 Å². The van der Waals surface area contributed by atoms with E-state index in [1.165, 1.54) is 12.8 Å². The number of carbonyl (C=O) groups is 2. The predicted octanol–water partition coefficient (Wildman–Crippen LogP) is 3.17. The maximum Gasteiger partial charge on any atom is 0.331 e. The van der Waals surface area contributed by atoms with Crippen molar-refractivity contribution in [2.75, 3.05) is 0 Å². The lowest BCUT2D eigenvalue weighted by Gasteiger charge is -2.39. The van der Waals surface area contributed by atoms with Crippen molar-refractivity contribution >= 4 is 11.9 Å². The number of aliphatic carboxylic acids is 1. The molecule has 0 aromatic carbocycles. The fraction of sp³-hybridized carbons (Fsp3) is 0.733. The van der Waals surface area contributed by atoms with Crippen molar-refractivity contribution in [3.63, 3.8) is 0 Å². The van der Waals surface area contributed by atoms with Gasteiger partial charge in [0.2, 0.25) is 0 Å². The lowest BCUT2D eigenvalue weighted by atomic mass is 9.73. The topological polar surface area (TPSA) is 63.6 Å². The maximum atomic E-state index is 11.7. The summed E-state index contributed by atoms with van der Waals surface area (Å²) in [4.78, 5) is 22.0. The van der Waals surface area contributed by atoms with Crippen LogP contribution in [0.1, 0.15) is 52.9 Å². The first-order chi connectivity index (χ1) is 8.87. The first-order valence-electron chi connectivity index (χ1n) is 7.01. The molecule has 1 saturated carbocycles. The molecule has 0 heterocycles. The summed E-state index contributed by atoms with van der Waals surface area (Å²) in [5.74, 6) is -0.581. The number of esters is 1. The smallest absolute Gasteiger partial charge is 0.331 e. The first-order valence-corrected chi connectivity index (χ1v) is 7.01. The molecule has 0 amide bonds. The molecule has 1 unspecified atom stereocenters. The van der Waals surface area contributed by atoms with Gasteiger partial charge in [0.25, 0.3) is 0 Å². The van der Waals surface area contributed by atoms with Crippen molar-refractivity contribution in [2.24, 2.45) is 11.8 Å². The number of ether oxygens (including phenoxy) is 1. The largest absolute Gasteiger partial charge is 0.478 e. The molecule has 4 heteroatoms. The standard InChI is InChI=1S/C15H24O4/c1-4-15(3,12-7-5-11(2)6-8-12)19-14(18)10-9-13(16)17/h9-12H,4-8H2,1-3H3,(H,16,17)/b10-9+. The highest BCUT2D eigenvalue weighted by Gasteiger charge is 2.37.